The van der Waals surface area contributed by atoms with Crippen LogP contribution in [0.5, 0.6) is 0 Å². The second-order valence-corrected chi connectivity index (χ2v) is 12.7. The predicted octanol–water partition coefficient (Wildman–Crippen LogP) is 5.75. The molecule has 2 amide bonds. The van der Waals surface area contributed by atoms with Gasteiger partial charge >= 0.3 is 6.03 Å². The summed E-state index contributed by atoms with van der Waals surface area (Å²) in [6.45, 7) is 12.2. The Bertz CT molecular complexity index is 1030. The smallest absolute Gasteiger partial charge is 0.317 e. The topological polar surface area (TPSA) is 51.4 Å². The molecule has 5 nitrogen and oxygen atoms in total. The Balaban J connectivity index is 1.54. The number of aromatic amines is 1. The summed E-state index contributed by atoms with van der Waals surface area (Å²) in [5.41, 5.74) is 7.32. The molecule has 3 atom stereocenters. The van der Waals surface area contributed by atoms with E-state index in [1.807, 2.05) is 4.90 Å². The number of H-pyrrole nitrogens is 1. The van der Waals surface area contributed by atoms with Gasteiger partial charge in [0.2, 0.25) is 0 Å². The van der Waals surface area contributed by atoms with Gasteiger partial charge in [-0.1, -0.05) is 19.9 Å². The Hall–Kier alpha value is -1.31. The number of likely N-dealkylation sites (tertiary alicyclic amines) is 1. The van der Waals surface area contributed by atoms with E-state index in [0.717, 1.165) is 51.9 Å². The monoisotopic (exact) mass is 500 g/mol. The zero-order valence-corrected chi connectivity index (χ0v) is 22.8. The SMILES string of the molecule is CCCN1C[C@@H](NC(=O)N(CC)CC)C[C@@H]2c3cc(C4SCCS4)cc4[nH]c(CC)c(c34)C[C@H]21. The van der Waals surface area contributed by atoms with Gasteiger partial charge < -0.3 is 15.2 Å². The molecule has 0 bridgehead atoms. The van der Waals surface area contributed by atoms with Crippen LogP contribution in [0, 0.1) is 0 Å². The van der Waals surface area contributed by atoms with Crippen LogP contribution < -0.4 is 5.32 Å². The number of urea groups is 1. The fraction of sp³-hybridized carbons (Fsp3) is 0.667. The van der Waals surface area contributed by atoms with Gasteiger partial charge in [0.1, 0.15) is 0 Å². The molecule has 3 aliphatic rings. The molecule has 1 aliphatic carbocycles. The fourth-order valence-electron chi connectivity index (χ4n) is 6.47. The number of aromatic nitrogens is 1. The van der Waals surface area contributed by atoms with Crippen molar-refractivity contribution in [1.82, 2.24) is 20.1 Å². The first-order chi connectivity index (χ1) is 16.6. The molecule has 186 valence electrons. The van der Waals surface area contributed by atoms with Crippen LogP contribution in [0.25, 0.3) is 10.9 Å². The highest BCUT2D eigenvalue weighted by Gasteiger charge is 2.42. The number of piperidine rings is 1. The molecule has 0 saturated carbocycles. The van der Waals surface area contributed by atoms with Crippen LogP contribution >= 0.6 is 23.5 Å². The van der Waals surface area contributed by atoms with Crippen LogP contribution in [-0.4, -0.2) is 70.6 Å². The van der Waals surface area contributed by atoms with E-state index in [-0.39, 0.29) is 12.1 Å². The van der Waals surface area contributed by atoms with Gasteiger partial charge in [0, 0.05) is 65.7 Å². The number of nitrogens with zero attached hydrogens (tertiary/aromatic N) is 2. The van der Waals surface area contributed by atoms with Gasteiger partial charge in [-0.25, -0.2) is 4.79 Å². The van der Waals surface area contributed by atoms with E-state index in [9.17, 15) is 4.79 Å². The van der Waals surface area contributed by atoms with Crippen molar-refractivity contribution in [3.05, 3.63) is 34.5 Å². The van der Waals surface area contributed by atoms with Gasteiger partial charge in [-0.15, -0.1) is 23.5 Å². The lowest BCUT2D eigenvalue weighted by Crippen LogP contribution is -2.58. The Morgan fingerprint density at radius 1 is 1.18 bits per heavy atom. The molecule has 2 saturated heterocycles. The lowest BCUT2D eigenvalue weighted by atomic mass is 9.73. The number of carbonyl (C=O) groups excluding carboxylic acids is 1. The van der Waals surface area contributed by atoms with E-state index >= 15 is 0 Å². The zero-order chi connectivity index (χ0) is 23.8. The van der Waals surface area contributed by atoms with Crippen LogP contribution in [-0.2, 0) is 12.8 Å². The van der Waals surface area contributed by atoms with Gasteiger partial charge in [0.05, 0.1) is 4.58 Å². The highest BCUT2D eigenvalue weighted by Crippen LogP contribution is 2.50. The third-order valence-electron chi connectivity index (χ3n) is 8.02. The third-order valence-corrected chi connectivity index (χ3v) is 11.1. The lowest BCUT2D eigenvalue weighted by molar-refractivity contribution is 0.0978. The largest absolute Gasteiger partial charge is 0.358 e. The first-order valence-corrected chi connectivity index (χ1v) is 15.4. The average molecular weight is 501 g/mol. The minimum absolute atomic E-state index is 0.0916. The van der Waals surface area contributed by atoms with Crippen molar-refractivity contribution in [3.63, 3.8) is 0 Å². The number of aryl methyl sites for hydroxylation is 1. The second-order valence-electron chi connectivity index (χ2n) is 9.97. The maximum atomic E-state index is 12.9. The molecule has 0 radical (unpaired) electrons. The molecule has 0 spiro atoms. The number of rotatable bonds is 7. The minimum atomic E-state index is 0.0916. The van der Waals surface area contributed by atoms with Crippen molar-refractivity contribution in [2.24, 2.45) is 0 Å². The molecule has 1 aromatic heterocycles. The Kier molecular flexibility index (Phi) is 7.43. The number of hydrogen-bond donors (Lipinski definition) is 2. The molecule has 2 N–H and O–H groups in total. The summed E-state index contributed by atoms with van der Waals surface area (Å²) in [5.74, 6) is 2.96. The molecule has 1 aromatic carbocycles. The molecule has 3 heterocycles. The summed E-state index contributed by atoms with van der Waals surface area (Å²) in [5, 5.41) is 4.90. The Labute approximate surface area is 213 Å². The quantitative estimate of drug-likeness (QED) is 0.508. The van der Waals surface area contributed by atoms with Crippen LogP contribution in [0.2, 0.25) is 0 Å². The Morgan fingerprint density at radius 3 is 2.62 bits per heavy atom. The number of fused-ring (bicyclic) bond motifs is 2. The van der Waals surface area contributed by atoms with Crippen LogP contribution in [0.1, 0.15) is 73.4 Å². The van der Waals surface area contributed by atoms with Gasteiger partial charge in [0.25, 0.3) is 0 Å². The first-order valence-electron chi connectivity index (χ1n) is 13.3. The summed E-state index contributed by atoms with van der Waals surface area (Å²) >= 11 is 4.18. The van der Waals surface area contributed by atoms with E-state index in [1.165, 1.54) is 39.2 Å². The number of hydrogen-bond acceptors (Lipinski definition) is 4. The van der Waals surface area contributed by atoms with Crippen LogP contribution in [0.15, 0.2) is 12.1 Å². The molecular weight excluding hydrogens is 460 g/mol. The normalized spacial score (nSPS) is 25.0. The van der Waals surface area contributed by atoms with Gasteiger partial charge in [-0.3, -0.25) is 4.90 Å². The molecular formula is C27H40N4OS2. The van der Waals surface area contributed by atoms with Crippen molar-refractivity contribution in [3.8, 4) is 0 Å². The van der Waals surface area contributed by atoms with Crippen LogP contribution in [0.4, 0.5) is 4.79 Å². The standard InChI is InChI=1S/C27H40N4OS2/c1-5-9-31-16-18(28-27(32)30(7-3)8-4)14-19-20-12-17(26-33-10-11-34-26)13-23-25(20)21(15-24(19)31)22(6-2)29-23/h12-13,18-19,24,26,29H,5-11,14-16H2,1-4H3,(H,28,32)/t18-,19+,24+/m0/s1. The minimum Gasteiger partial charge on any atom is -0.358 e. The van der Waals surface area contributed by atoms with Crippen molar-refractivity contribution >= 4 is 40.5 Å². The highest BCUT2D eigenvalue weighted by atomic mass is 32.2. The molecule has 7 heteroatoms. The number of benzene rings is 1. The molecule has 2 aromatic rings. The molecule has 5 rings (SSSR count). The number of amides is 2. The summed E-state index contributed by atoms with van der Waals surface area (Å²) in [4.78, 5) is 21.4. The summed E-state index contributed by atoms with van der Waals surface area (Å²) in [6, 6.07) is 5.79. The maximum absolute atomic E-state index is 12.9. The maximum Gasteiger partial charge on any atom is 0.317 e. The fourth-order valence-corrected chi connectivity index (χ4v) is 9.29. The lowest BCUT2D eigenvalue weighted by Gasteiger charge is -2.47. The highest BCUT2D eigenvalue weighted by molar-refractivity contribution is 8.19. The molecule has 2 fully saturated rings. The summed E-state index contributed by atoms with van der Waals surface area (Å²) in [6.07, 6.45) is 4.36. The summed E-state index contributed by atoms with van der Waals surface area (Å²) in [7, 11) is 0. The van der Waals surface area contributed by atoms with E-state index in [2.05, 4.69) is 78.6 Å². The number of carbonyl (C=O) groups is 1. The second kappa shape index (κ2) is 10.4. The number of nitrogens with one attached hydrogen (secondary N) is 2. The average Bonchev–Trinajstić information content (AvgIpc) is 3.49. The van der Waals surface area contributed by atoms with Gasteiger partial charge in [-0.05, 0) is 68.8 Å². The van der Waals surface area contributed by atoms with Crippen molar-refractivity contribution in [1.29, 1.82) is 0 Å². The van der Waals surface area contributed by atoms with Crippen molar-refractivity contribution in [2.75, 3.05) is 37.7 Å². The van der Waals surface area contributed by atoms with Crippen molar-refractivity contribution < 1.29 is 4.79 Å². The Morgan fingerprint density at radius 2 is 1.94 bits per heavy atom. The predicted molar refractivity (Wildman–Crippen MR) is 147 cm³/mol. The molecule has 2 aliphatic heterocycles. The van der Waals surface area contributed by atoms with Gasteiger partial charge in [0.15, 0.2) is 0 Å². The summed E-state index contributed by atoms with van der Waals surface area (Å²) < 4.78 is 0.548. The molecule has 34 heavy (non-hydrogen) atoms. The van der Waals surface area contributed by atoms with Gasteiger partial charge in [-0.2, -0.15) is 0 Å². The third kappa shape index (κ3) is 4.37. The first kappa shape index (κ1) is 24.4. The number of thioether (sulfide) groups is 2. The van der Waals surface area contributed by atoms with E-state index < -0.39 is 0 Å². The van der Waals surface area contributed by atoms with Crippen molar-refractivity contribution in [2.45, 2.75) is 76.0 Å². The zero-order valence-electron chi connectivity index (χ0n) is 21.2. The molecule has 0 unspecified atom stereocenters. The van der Waals surface area contributed by atoms with E-state index in [1.54, 1.807) is 5.56 Å². The van der Waals surface area contributed by atoms with E-state index in [4.69, 9.17) is 0 Å². The van der Waals surface area contributed by atoms with Crippen LogP contribution in [0.3, 0.4) is 0 Å². The van der Waals surface area contributed by atoms with E-state index in [0.29, 0.717) is 16.5 Å².